The third kappa shape index (κ3) is 5.50. The smallest absolute Gasteiger partial charge is 0.337 e. The van der Waals surface area contributed by atoms with Gasteiger partial charge >= 0.3 is 5.97 Å². The minimum atomic E-state index is -1.88. The highest BCUT2D eigenvalue weighted by atomic mass is 127. The van der Waals surface area contributed by atoms with Crippen molar-refractivity contribution in [3.05, 3.63) is 11.3 Å². The van der Waals surface area contributed by atoms with Gasteiger partial charge in [0.25, 0.3) is 0 Å². The van der Waals surface area contributed by atoms with Gasteiger partial charge < -0.3 is 13.9 Å². The fourth-order valence-electron chi connectivity index (χ4n) is 3.28. The lowest BCUT2D eigenvalue weighted by Crippen LogP contribution is -2.44. The monoisotopic (exact) mass is 508 g/mol. The van der Waals surface area contributed by atoms with Crippen LogP contribution in [0.3, 0.4) is 0 Å². The number of esters is 1. The molecule has 0 aromatic heterocycles. The van der Waals surface area contributed by atoms with Crippen LogP contribution in [0, 0.1) is 0 Å². The van der Waals surface area contributed by atoms with Gasteiger partial charge in [-0.25, -0.2) is 4.79 Å². The lowest BCUT2D eigenvalue weighted by Gasteiger charge is -2.39. The number of halogens is 1. The quantitative estimate of drug-likeness (QED) is 0.199. The second kappa shape index (κ2) is 7.63. The first kappa shape index (κ1) is 23.2. The summed E-state index contributed by atoms with van der Waals surface area (Å²) in [6.07, 6.45) is 3.38. The van der Waals surface area contributed by atoms with E-state index in [0.29, 0.717) is 18.4 Å². The fraction of sp³-hybridized carbons (Fsp3) is 0.857. The van der Waals surface area contributed by atoms with Gasteiger partial charge in [-0.05, 0) is 65.1 Å². The summed E-state index contributed by atoms with van der Waals surface area (Å²) in [5.74, 6) is 0.551. The summed E-state index contributed by atoms with van der Waals surface area (Å²) in [7, 11) is -1.88. The summed E-state index contributed by atoms with van der Waals surface area (Å²) in [5, 5.41) is 0.160. The maximum atomic E-state index is 12.8. The molecule has 2 bridgehead atoms. The average molecular weight is 509 g/mol. The van der Waals surface area contributed by atoms with Crippen LogP contribution in [-0.4, -0.2) is 35.5 Å². The standard InChI is InChI=1S/C21H37IO4Si/c1-19(2,3)25-18(23)15-13-17(22)21(7)11-10-14(12-16(15)24-21)26-27(8,9)20(4,5)6/h14,17H,10-13H2,1-9H3/t14-,17-,21+/m0/s1. The summed E-state index contributed by atoms with van der Waals surface area (Å²) in [5.41, 5.74) is -0.0477. The average Bonchev–Trinajstić information content (AvgIpc) is 2.58. The Bertz CT molecular complexity index is 615. The largest absolute Gasteiger partial charge is 0.490 e. The van der Waals surface area contributed by atoms with Crippen molar-refractivity contribution < 1.29 is 18.7 Å². The Kier molecular flexibility index (Phi) is 6.56. The SMILES string of the molecule is CC(C)(C)OC(=O)C1=C2C[C@@H](O[Si](C)(C)C(C)(C)C)CC[C@@](C)(O2)[C@@H](I)C1. The number of rotatable bonds is 3. The molecule has 0 saturated carbocycles. The molecule has 2 heterocycles. The van der Waals surface area contributed by atoms with Gasteiger partial charge in [-0.1, -0.05) is 43.4 Å². The first-order valence-electron chi connectivity index (χ1n) is 10.0. The molecule has 4 nitrogen and oxygen atoms in total. The normalized spacial score (nSPS) is 29.9. The van der Waals surface area contributed by atoms with Crippen LogP contribution in [0.5, 0.6) is 0 Å². The minimum absolute atomic E-state index is 0.0989. The van der Waals surface area contributed by atoms with E-state index in [-0.39, 0.29) is 26.6 Å². The zero-order valence-electron chi connectivity index (χ0n) is 18.5. The molecule has 2 aliphatic rings. The molecule has 6 heteroatoms. The Morgan fingerprint density at radius 1 is 1.19 bits per heavy atom. The molecule has 156 valence electrons. The van der Waals surface area contributed by atoms with Crippen LogP contribution in [-0.2, 0) is 18.7 Å². The highest BCUT2D eigenvalue weighted by molar-refractivity contribution is 14.1. The molecule has 0 radical (unpaired) electrons. The molecule has 2 aliphatic heterocycles. The predicted molar refractivity (Wildman–Crippen MR) is 121 cm³/mol. The summed E-state index contributed by atoms with van der Waals surface area (Å²) in [6.45, 7) is 19.2. The third-order valence-corrected chi connectivity index (χ3v) is 12.3. The predicted octanol–water partition coefficient (Wildman–Crippen LogP) is 6.14. The first-order chi connectivity index (χ1) is 12.0. The molecule has 2 rings (SSSR count). The van der Waals surface area contributed by atoms with Crippen molar-refractivity contribution >= 4 is 36.9 Å². The Morgan fingerprint density at radius 2 is 1.78 bits per heavy atom. The number of fused-ring (bicyclic) bond motifs is 2. The number of ether oxygens (including phenoxy) is 2. The van der Waals surface area contributed by atoms with Gasteiger partial charge in [0, 0.05) is 6.42 Å². The molecular formula is C21H37IO4Si. The van der Waals surface area contributed by atoms with Crippen LogP contribution in [0.2, 0.25) is 18.1 Å². The van der Waals surface area contributed by atoms with E-state index in [1.807, 2.05) is 20.8 Å². The van der Waals surface area contributed by atoms with Crippen LogP contribution in [0.25, 0.3) is 0 Å². The lowest BCUT2D eigenvalue weighted by molar-refractivity contribution is -0.151. The number of carbonyl (C=O) groups excluding carboxylic acids is 1. The van der Waals surface area contributed by atoms with Crippen LogP contribution < -0.4 is 0 Å². The molecular weight excluding hydrogens is 471 g/mol. The molecule has 27 heavy (non-hydrogen) atoms. The Hall–Kier alpha value is -0.0831. The van der Waals surface area contributed by atoms with Gasteiger partial charge in [-0.2, -0.15) is 0 Å². The van der Waals surface area contributed by atoms with Crippen molar-refractivity contribution in [2.75, 3.05) is 0 Å². The fourth-order valence-corrected chi connectivity index (χ4v) is 5.54. The van der Waals surface area contributed by atoms with E-state index < -0.39 is 13.9 Å². The van der Waals surface area contributed by atoms with Crippen molar-refractivity contribution in [3.63, 3.8) is 0 Å². The Labute approximate surface area is 180 Å². The topological polar surface area (TPSA) is 44.8 Å². The number of hydrogen-bond donors (Lipinski definition) is 0. The van der Waals surface area contributed by atoms with Gasteiger partial charge in [0.15, 0.2) is 8.32 Å². The van der Waals surface area contributed by atoms with Gasteiger partial charge in [0.05, 0.1) is 15.6 Å². The summed E-state index contributed by atoms with van der Waals surface area (Å²) in [4.78, 5) is 12.8. The van der Waals surface area contributed by atoms with E-state index in [4.69, 9.17) is 13.9 Å². The molecule has 0 N–H and O–H groups in total. The zero-order chi connectivity index (χ0) is 20.8. The lowest BCUT2D eigenvalue weighted by atomic mass is 9.90. The highest BCUT2D eigenvalue weighted by Gasteiger charge is 2.47. The van der Waals surface area contributed by atoms with Crippen molar-refractivity contribution in [2.45, 2.75) is 114 Å². The van der Waals surface area contributed by atoms with Crippen molar-refractivity contribution in [3.8, 4) is 0 Å². The molecule has 0 aromatic rings. The third-order valence-electron chi connectivity index (χ3n) is 6.03. The number of hydrogen-bond acceptors (Lipinski definition) is 4. The molecule has 1 saturated heterocycles. The molecule has 0 aromatic carbocycles. The van der Waals surface area contributed by atoms with Gasteiger partial charge in [-0.3, -0.25) is 0 Å². The number of carbonyl (C=O) groups is 1. The van der Waals surface area contributed by atoms with Crippen molar-refractivity contribution in [2.24, 2.45) is 0 Å². The van der Waals surface area contributed by atoms with E-state index in [9.17, 15) is 4.79 Å². The Balaban J connectivity index is 2.32. The molecule has 3 atom stereocenters. The molecule has 0 spiro atoms. The van der Waals surface area contributed by atoms with Gasteiger partial charge in [0.1, 0.15) is 17.0 Å². The summed E-state index contributed by atoms with van der Waals surface area (Å²) >= 11 is 2.43. The summed E-state index contributed by atoms with van der Waals surface area (Å²) < 4.78 is 19.1. The second-order valence-corrected chi connectivity index (χ2v) is 17.0. The molecule has 0 amide bonds. The van der Waals surface area contributed by atoms with E-state index in [0.717, 1.165) is 18.6 Å². The number of alkyl halides is 1. The molecule has 0 aliphatic carbocycles. The van der Waals surface area contributed by atoms with E-state index >= 15 is 0 Å². The molecule has 1 fully saturated rings. The van der Waals surface area contributed by atoms with Crippen LogP contribution in [0.4, 0.5) is 0 Å². The minimum Gasteiger partial charge on any atom is -0.490 e. The highest BCUT2D eigenvalue weighted by Crippen LogP contribution is 2.46. The van der Waals surface area contributed by atoms with E-state index in [1.54, 1.807) is 0 Å². The van der Waals surface area contributed by atoms with Gasteiger partial charge in [0.2, 0.25) is 0 Å². The van der Waals surface area contributed by atoms with E-state index in [2.05, 4.69) is 63.4 Å². The zero-order valence-corrected chi connectivity index (χ0v) is 21.7. The Morgan fingerprint density at radius 3 is 2.30 bits per heavy atom. The van der Waals surface area contributed by atoms with Crippen LogP contribution >= 0.6 is 22.6 Å². The van der Waals surface area contributed by atoms with Gasteiger partial charge in [-0.15, -0.1) is 0 Å². The maximum Gasteiger partial charge on any atom is 0.337 e. The van der Waals surface area contributed by atoms with Crippen molar-refractivity contribution in [1.82, 2.24) is 0 Å². The second-order valence-electron chi connectivity index (χ2n) is 10.7. The molecule has 0 unspecified atom stereocenters. The van der Waals surface area contributed by atoms with Crippen LogP contribution in [0.1, 0.15) is 74.1 Å². The van der Waals surface area contributed by atoms with Crippen molar-refractivity contribution in [1.29, 1.82) is 0 Å². The first-order valence-corrected chi connectivity index (χ1v) is 14.2. The van der Waals surface area contributed by atoms with Crippen LogP contribution in [0.15, 0.2) is 11.3 Å². The summed E-state index contributed by atoms with van der Waals surface area (Å²) in [6, 6.07) is 0. The van der Waals surface area contributed by atoms with E-state index in [1.165, 1.54) is 0 Å². The maximum absolute atomic E-state index is 12.8.